The number of hydrogen-bond acceptors (Lipinski definition) is 2. The molecule has 1 aliphatic rings. The molecular formula is C13H19ClN2. The maximum absolute atomic E-state index is 5.95. The lowest BCUT2D eigenvalue weighted by Gasteiger charge is -2.34. The molecule has 0 radical (unpaired) electrons. The average Bonchev–Trinajstić information content (AvgIpc) is 3.13. The molecule has 0 aromatic heterocycles. The lowest BCUT2D eigenvalue weighted by atomic mass is 9.89. The summed E-state index contributed by atoms with van der Waals surface area (Å²) < 4.78 is 0. The first-order valence-corrected chi connectivity index (χ1v) is 6.32. The fourth-order valence-corrected chi connectivity index (χ4v) is 2.42. The van der Waals surface area contributed by atoms with Crippen molar-refractivity contribution in [1.29, 1.82) is 0 Å². The molecule has 0 bridgehead atoms. The van der Waals surface area contributed by atoms with Gasteiger partial charge in [0, 0.05) is 17.3 Å². The molecule has 0 saturated heterocycles. The minimum absolute atomic E-state index is 0.0772. The van der Waals surface area contributed by atoms with Gasteiger partial charge in [0.05, 0.1) is 5.54 Å². The molecule has 3 N–H and O–H groups in total. The molecule has 1 fully saturated rings. The maximum Gasteiger partial charge on any atom is 0.0521 e. The van der Waals surface area contributed by atoms with Gasteiger partial charge in [0.2, 0.25) is 0 Å². The third-order valence-electron chi connectivity index (χ3n) is 3.59. The quantitative estimate of drug-likeness (QED) is 0.826. The zero-order chi connectivity index (χ0) is 11.6. The molecule has 16 heavy (non-hydrogen) atoms. The predicted octanol–water partition coefficient (Wildman–Crippen LogP) is 3.27. The largest absolute Gasteiger partial charge is 0.378 e. The highest BCUT2D eigenvalue weighted by atomic mass is 35.5. The van der Waals surface area contributed by atoms with E-state index in [0.29, 0.717) is 6.54 Å². The number of anilines is 1. The summed E-state index contributed by atoms with van der Waals surface area (Å²) >= 11 is 5.87. The van der Waals surface area contributed by atoms with Gasteiger partial charge in [0.1, 0.15) is 0 Å². The smallest absolute Gasteiger partial charge is 0.0521 e. The molecule has 1 atom stereocenters. The summed E-state index contributed by atoms with van der Waals surface area (Å²) in [7, 11) is 0. The number of hydrogen-bond donors (Lipinski definition) is 2. The molecule has 0 spiro atoms. The topological polar surface area (TPSA) is 38.0 Å². The van der Waals surface area contributed by atoms with Gasteiger partial charge in [0.15, 0.2) is 0 Å². The van der Waals surface area contributed by atoms with Crippen molar-refractivity contribution < 1.29 is 0 Å². The maximum atomic E-state index is 5.95. The summed E-state index contributed by atoms with van der Waals surface area (Å²) in [4.78, 5) is 0. The molecule has 88 valence electrons. The van der Waals surface area contributed by atoms with Gasteiger partial charge >= 0.3 is 0 Å². The Hall–Kier alpha value is -0.730. The fourth-order valence-electron chi connectivity index (χ4n) is 2.30. The third-order valence-corrected chi connectivity index (χ3v) is 3.84. The Bertz CT molecular complexity index is 339. The van der Waals surface area contributed by atoms with Gasteiger partial charge in [-0.25, -0.2) is 0 Å². The Kier molecular flexibility index (Phi) is 3.41. The highest BCUT2D eigenvalue weighted by Crippen LogP contribution is 2.42. The van der Waals surface area contributed by atoms with Crippen LogP contribution in [0.3, 0.4) is 0 Å². The van der Waals surface area contributed by atoms with Crippen molar-refractivity contribution in [3.05, 3.63) is 29.3 Å². The second kappa shape index (κ2) is 4.64. The number of nitrogens with one attached hydrogen (secondary N) is 1. The molecule has 2 nitrogen and oxygen atoms in total. The fraction of sp³-hybridized carbons (Fsp3) is 0.538. The van der Waals surface area contributed by atoms with Crippen LogP contribution in [0.1, 0.15) is 26.2 Å². The summed E-state index contributed by atoms with van der Waals surface area (Å²) in [6.07, 6.45) is 3.66. The van der Waals surface area contributed by atoms with Crippen LogP contribution < -0.4 is 11.1 Å². The molecule has 1 aromatic carbocycles. The van der Waals surface area contributed by atoms with Crippen LogP contribution in [0.4, 0.5) is 5.69 Å². The molecule has 1 aromatic rings. The second-order valence-corrected chi connectivity index (χ2v) is 5.06. The van der Waals surface area contributed by atoms with Gasteiger partial charge in [-0.15, -0.1) is 0 Å². The summed E-state index contributed by atoms with van der Waals surface area (Å²) in [5.74, 6) is 0.734. The van der Waals surface area contributed by atoms with Crippen LogP contribution in [0.25, 0.3) is 0 Å². The van der Waals surface area contributed by atoms with E-state index in [1.807, 2.05) is 24.3 Å². The van der Waals surface area contributed by atoms with Gasteiger partial charge in [-0.2, -0.15) is 0 Å². The monoisotopic (exact) mass is 238 g/mol. The summed E-state index contributed by atoms with van der Waals surface area (Å²) in [6.45, 7) is 2.89. The van der Waals surface area contributed by atoms with E-state index >= 15 is 0 Å². The zero-order valence-electron chi connectivity index (χ0n) is 9.67. The first kappa shape index (κ1) is 11.7. The molecule has 0 heterocycles. The van der Waals surface area contributed by atoms with Gasteiger partial charge < -0.3 is 11.1 Å². The normalized spacial score (nSPS) is 19.2. The van der Waals surface area contributed by atoms with E-state index in [4.69, 9.17) is 17.3 Å². The van der Waals surface area contributed by atoms with E-state index < -0.39 is 0 Å². The van der Waals surface area contributed by atoms with E-state index in [-0.39, 0.29) is 5.54 Å². The van der Waals surface area contributed by atoms with E-state index in [0.717, 1.165) is 23.0 Å². The second-order valence-electron chi connectivity index (χ2n) is 4.62. The lowest BCUT2D eigenvalue weighted by Crippen LogP contribution is -2.47. The number of halogens is 1. The highest BCUT2D eigenvalue weighted by Gasteiger charge is 2.42. The summed E-state index contributed by atoms with van der Waals surface area (Å²) in [5.41, 5.74) is 7.14. The Balaban J connectivity index is 2.13. The Morgan fingerprint density at radius 2 is 2.00 bits per heavy atom. The number of benzene rings is 1. The molecular weight excluding hydrogens is 220 g/mol. The van der Waals surface area contributed by atoms with Crippen LogP contribution in [0, 0.1) is 5.92 Å². The summed E-state index contributed by atoms with van der Waals surface area (Å²) in [5, 5.41) is 4.37. The first-order chi connectivity index (χ1) is 7.70. The Labute approximate surface area is 102 Å². The standard InChI is InChI=1S/C13H19ClN2/c1-2-13(9-15,10-3-4-10)16-12-7-5-11(14)6-8-12/h5-8,10,16H,2-4,9,15H2,1H3. The van der Waals surface area contributed by atoms with Crippen molar-refractivity contribution in [3.63, 3.8) is 0 Å². The molecule has 1 unspecified atom stereocenters. The van der Waals surface area contributed by atoms with Crippen molar-refractivity contribution in [1.82, 2.24) is 0 Å². The zero-order valence-corrected chi connectivity index (χ0v) is 10.4. The highest BCUT2D eigenvalue weighted by molar-refractivity contribution is 6.30. The van der Waals surface area contributed by atoms with Gasteiger partial charge in [0.25, 0.3) is 0 Å². The van der Waals surface area contributed by atoms with Gasteiger partial charge in [-0.05, 0) is 49.4 Å². The van der Waals surface area contributed by atoms with Gasteiger partial charge in [-0.1, -0.05) is 18.5 Å². The molecule has 0 aliphatic heterocycles. The third kappa shape index (κ3) is 2.33. The van der Waals surface area contributed by atoms with Crippen molar-refractivity contribution in [2.24, 2.45) is 11.7 Å². The minimum atomic E-state index is 0.0772. The Morgan fingerprint density at radius 3 is 2.44 bits per heavy atom. The van der Waals surface area contributed by atoms with Crippen LogP contribution in [-0.2, 0) is 0 Å². The van der Waals surface area contributed by atoms with E-state index in [9.17, 15) is 0 Å². The average molecular weight is 239 g/mol. The lowest BCUT2D eigenvalue weighted by molar-refractivity contribution is 0.404. The molecule has 1 saturated carbocycles. The van der Waals surface area contributed by atoms with Crippen LogP contribution in [-0.4, -0.2) is 12.1 Å². The number of nitrogens with two attached hydrogens (primary N) is 1. The van der Waals surface area contributed by atoms with Crippen molar-refractivity contribution in [2.45, 2.75) is 31.7 Å². The predicted molar refractivity (Wildman–Crippen MR) is 69.9 cm³/mol. The SMILES string of the molecule is CCC(CN)(Nc1ccc(Cl)cc1)C1CC1. The van der Waals surface area contributed by atoms with Crippen LogP contribution in [0.15, 0.2) is 24.3 Å². The Morgan fingerprint density at radius 1 is 1.38 bits per heavy atom. The molecule has 1 aliphatic carbocycles. The number of rotatable bonds is 5. The molecule has 0 amide bonds. The van der Waals surface area contributed by atoms with E-state index in [1.54, 1.807) is 0 Å². The van der Waals surface area contributed by atoms with E-state index in [1.165, 1.54) is 12.8 Å². The molecule has 2 rings (SSSR count). The van der Waals surface area contributed by atoms with Gasteiger partial charge in [-0.3, -0.25) is 0 Å². The van der Waals surface area contributed by atoms with Crippen LogP contribution >= 0.6 is 11.6 Å². The van der Waals surface area contributed by atoms with Crippen molar-refractivity contribution in [2.75, 3.05) is 11.9 Å². The van der Waals surface area contributed by atoms with Crippen LogP contribution in [0.5, 0.6) is 0 Å². The van der Waals surface area contributed by atoms with E-state index in [2.05, 4.69) is 12.2 Å². The van der Waals surface area contributed by atoms with Crippen LogP contribution in [0.2, 0.25) is 5.02 Å². The minimum Gasteiger partial charge on any atom is -0.378 e. The van der Waals surface area contributed by atoms with Crippen molar-refractivity contribution in [3.8, 4) is 0 Å². The molecule has 3 heteroatoms. The summed E-state index contributed by atoms with van der Waals surface area (Å²) in [6, 6.07) is 7.86. The van der Waals surface area contributed by atoms with Crippen molar-refractivity contribution >= 4 is 17.3 Å². The first-order valence-electron chi connectivity index (χ1n) is 5.94.